The summed E-state index contributed by atoms with van der Waals surface area (Å²) < 4.78 is 11.0. The van der Waals surface area contributed by atoms with Gasteiger partial charge in [-0.2, -0.15) is 15.0 Å². The molecule has 188 valence electrons. The average molecular weight is 485 g/mol. The SMILES string of the molecule is CCNc1c(NCCOCCOCCNc2nc(NC)nc(Nc3ccc(C)cc3)n2)c(=O)c1=O. The van der Waals surface area contributed by atoms with Crippen LogP contribution in [0.3, 0.4) is 0 Å². The monoisotopic (exact) mass is 484 g/mol. The maximum Gasteiger partial charge on any atom is 0.253 e. The first-order valence-corrected chi connectivity index (χ1v) is 11.5. The molecule has 12 nitrogen and oxygen atoms in total. The average Bonchev–Trinajstić information content (AvgIpc) is 2.87. The van der Waals surface area contributed by atoms with Gasteiger partial charge in [0.1, 0.15) is 11.4 Å². The van der Waals surface area contributed by atoms with Gasteiger partial charge in [-0.05, 0) is 26.0 Å². The minimum Gasteiger partial charge on any atom is -0.380 e. The minimum absolute atomic E-state index is 0.333. The number of anilines is 6. The van der Waals surface area contributed by atoms with Gasteiger partial charge < -0.3 is 36.1 Å². The predicted molar refractivity (Wildman–Crippen MR) is 138 cm³/mol. The molecule has 3 aromatic rings. The molecule has 0 atom stereocenters. The summed E-state index contributed by atoms with van der Waals surface area (Å²) in [6.07, 6.45) is 0. The van der Waals surface area contributed by atoms with Crippen molar-refractivity contribution in [2.75, 3.05) is 79.7 Å². The number of hydrogen-bond donors (Lipinski definition) is 5. The molecular weight excluding hydrogens is 452 g/mol. The van der Waals surface area contributed by atoms with Crippen molar-refractivity contribution in [1.82, 2.24) is 15.0 Å². The second kappa shape index (κ2) is 13.2. The van der Waals surface area contributed by atoms with Crippen LogP contribution in [-0.4, -0.2) is 68.1 Å². The Kier molecular flexibility index (Phi) is 9.75. The Labute approximate surface area is 203 Å². The molecule has 2 aromatic carbocycles. The number of ether oxygens (including phenoxy) is 2. The molecule has 0 saturated carbocycles. The highest BCUT2D eigenvalue weighted by Crippen LogP contribution is 2.16. The number of hydrogen-bond acceptors (Lipinski definition) is 12. The second-order valence-corrected chi connectivity index (χ2v) is 7.56. The van der Waals surface area contributed by atoms with Gasteiger partial charge in [-0.3, -0.25) is 9.59 Å². The Bertz CT molecular complexity index is 1150. The van der Waals surface area contributed by atoms with Crippen molar-refractivity contribution in [1.29, 1.82) is 0 Å². The number of aryl methyl sites for hydroxylation is 1. The van der Waals surface area contributed by atoms with Gasteiger partial charge in [0.15, 0.2) is 0 Å². The summed E-state index contributed by atoms with van der Waals surface area (Å²) in [6.45, 7) is 7.08. The molecule has 12 heteroatoms. The van der Waals surface area contributed by atoms with Crippen molar-refractivity contribution in [3.05, 3.63) is 50.3 Å². The highest BCUT2D eigenvalue weighted by molar-refractivity contribution is 5.73. The van der Waals surface area contributed by atoms with Gasteiger partial charge in [0.2, 0.25) is 17.8 Å². The van der Waals surface area contributed by atoms with E-state index in [1.54, 1.807) is 7.05 Å². The molecule has 0 unspecified atom stereocenters. The fourth-order valence-electron chi connectivity index (χ4n) is 3.10. The zero-order valence-corrected chi connectivity index (χ0v) is 20.2. The molecule has 0 bridgehead atoms. The lowest BCUT2D eigenvalue weighted by molar-refractivity contribution is 0.0556. The van der Waals surface area contributed by atoms with E-state index in [0.29, 0.717) is 75.3 Å². The summed E-state index contributed by atoms with van der Waals surface area (Å²) in [5.74, 6) is 1.31. The molecule has 0 spiro atoms. The van der Waals surface area contributed by atoms with E-state index in [4.69, 9.17) is 9.47 Å². The Hall–Kier alpha value is -3.77. The zero-order chi connectivity index (χ0) is 25.0. The van der Waals surface area contributed by atoms with Crippen LogP contribution in [0.5, 0.6) is 0 Å². The molecule has 0 radical (unpaired) electrons. The van der Waals surface area contributed by atoms with Gasteiger partial charge in [0.05, 0.1) is 26.4 Å². The van der Waals surface area contributed by atoms with E-state index in [0.717, 1.165) is 5.69 Å². The smallest absolute Gasteiger partial charge is 0.253 e. The predicted octanol–water partition coefficient (Wildman–Crippen LogP) is 1.55. The highest BCUT2D eigenvalue weighted by Gasteiger charge is 2.19. The van der Waals surface area contributed by atoms with Gasteiger partial charge in [-0.1, -0.05) is 17.7 Å². The molecule has 35 heavy (non-hydrogen) atoms. The summed E-state index contributed by atoms with van der Waals surface area (Å²) in [6, 6.07) is 7.94. The molecule has 1 aromatic heterocycles. The first-order valence-electron chi connectivity index (χ1n) is 11.5. The summed E-state index contributed by atoms with van der Waals surface area (Å²) in [7, 11) is 1.74. The fraction of sp³-hybridized carbons (Fsp3) is 0.435. The third kappa shape index (κ3) is 7.62. The summed E-state index contributed by atoms with van der Waals surface area (Å²) in [4.78, 5) is 36.1. The number of nitrogens with zero attached hydrogens (tertiary/aromatic N) is 3. The van der Waals surface area contributed by atoms with E-state index < -0.39 is 10.9 Å². The summed E-state index contributed by atoms with van der Waals surface area (Å²) in [5, 5.41) is 15.0. The quantitative estimate of drug-likeness (QED) is 0.148. The lowest BCUT2D eigenvalue weighted by Crippen LogP contribution is -2.38. The van der Waals surface area contributed by atoms with Crippen molar-refractivity contribution >= 4 is 34.9 Å². The molecule has 3 rings (SSSR count). The summed E-state index contributed by atoms with van der Waals surface area (Å²) in [5.41, 5.74) is 1.78. The van der Waals surface area contributed by atoms with E-state index >= 15 is 0 Å². The number of benzene rings is 1. The molecule has 0 aliphatic rings. The first-order chi connectivity index (χ1) is 17.0. The molecule has 0 aliphatic carbocycles. The van der Waals surface area contributed by atoms with Gasteiger partial charge in [-0.15, -0.1) is 0 Å². The summed E-state index contributed by atoms with van der Waals surface area (Å²) >= 11 is 0. The number of nitrogens with one attached hydrogen (secondary N) is 5. The third-order valence-electron chi connectivity index (χ3n) is 4.88. The van der Waals surface area contributed by atoms with Gasteiger partial charge in [0.25, 0.3) is 10.9 Å². The van der Waals surface area contributed by atoms with Crippen molar-refractivity contribution < 1.29 is 9.47 Å². The maximum absolute atomic E-state index is 11.6. The number of rotatable bonds is 16. The van der Waals surface area contributed by atoms with E-state index in [9.17, 15) is 9.59 Å². The normalized spacial score (nSPS) is 10.8. The standard InChI is InChI=1S/C23H32N8O4/c1-4-25-17-18(20(33)19(17)32)26-9-11-34-13-14-35-12-10-27-22-29-21(24-3)30-23(31-22)28-16-7-5-15(2)6-8-16/h5-8,25-26H,4,9-14H2,1-3H3,(H3,24,27,28,29,30,31). The third-order valence-corrected chi connectivity index (χ3v) is 4.88. The topological polar surface area (TPSA) is 151 Å². The van der Waals surface area contributed by atoms with E-state index in [-0.39, 0.29) is 0 Å². The van der Waals surface area contributed by atoms with E-state index in [1.807, 2.05) is 38.1 Å². The van der Waals surface area contributed by atoms with Crippen LogP contribution in [0.15, 0.2) is 33.9 Å². The Morgan fingerprint density at radius 2 is 1.31 bits per heavy atom. The van der Waals surface area contributed by atoms with Crippen molar-refractivity contribution in [3.8, 4) is 0 Å². The van der Waals surface area contributed by atoms with Crippen LogP contribution in [-0.2, 0) is 9.47 Å². The van der Waals surface area contributed by atoms with Crippen LogP contribution in [0.2, 0.25) is 0 Å². The molecular formula is C23H32N8O4. The van der Waals surface area contributed by atoms with Gasteiger partial charge in [0, 0.05) is 32.4 Å². The van der Waals surface area contributed by atoms with Crippen LogP contribution in [0.4, 0.5) is 34.9 Å². The Balaban J connectivity index is 1.30. The fourth-order valence-corrected chi connectivity index (χ4v) is 3.10. The second-order valence-electron chi connectivity index (χ2n) is 7.56. The van der Waals surface area contributed by atoms with E-state index in [2.05, 4.69) is 41.5 Å². The maximum atomic E-state index is 11.6. The number of aromatic nitrogens is 3. The van der Waals surface area contributed by atoms with Crippen molar-refractivity contribution in [2.45, 2.75) is 13.8 Å². The minimum atomic E-state index is -0.491. The van der Waals surface area contributed by atoms with Crippen molar-refractivity contribution in [2.24, 2.45) is 0 Å². The highest BCUT2D eigenvalue weighted by atomic mass is 16.5. The van der Waals surface area contributed by atoms with Crippen LogP contribution in [0, 0.1) is 6.92 Å². The van der Waals surface area contributed by atoms with Crippen LogP contribution < -0.4 is 37.4 Å². The lowest BCUT2D eigenvalue weighted by Gasteiger charge is -2.13. The van der Waals surface area contributed by atoms with Crippen molar-refractivity contribution in [3.63, 3.8) is 0 Å². The zero-order valence-electron chi connectivity index (χ0n) is 20.2. The molecule has 0 saturated heterocycles. The van der Waals surface area contributed by atoms with Gasteiger partial charge in [-0.25, -0.2) is 0 Å². The largest absolute Gasteiger partial charge is 0.380 e. The Morgan fingerprint density at radius 1 is 0.743 bits per heavy atom. The Morgan fingerprint density at radius 3 is 1.94 bits per heavy atom. The van der Waals surface area contributed by atoms with Crippen LogP contribution in [0.1, 0.15) is 12.5 Å². The van der Waals surface area contributed by atoms with Crippen LogP contribution in [0.25, 0.3) is 0 Å². The molecule has 5 N–H and O–H groups in total. The molecule has 1 heterocycles. The van der Waals surface area contributed by atoms with Gasteiger partial charge >= 0.3 is 0 Å². The molecule has 0 fully saturated rings. The van der Waals surface area contributed by atoms with Crippen LogP contribution >= 0.6 is 0 Å². The molecule has 0 amide bonds. The first kappa shape index (κ1) is 25.8. The van der Waals surface area contributed by atoms with E-state index in [1.165, 1.54) is 5.56 Å². The molecule has 0 aliphatic heterocycles. The lowest BCUT2D eigenvalue weighted by atomic mass is 10.2.